The number of unbranched alkanes of at least 4 members (excludes halogenated alkanes) is 1. The molecule has 1 unspecified atom stereocenters. The third kappa shape index (κ3) is 8.44. The van der Waals surface area contributed by atoms with E-state index in [0.29, 0.717) is 39.9 Å². The Morgan fingerprint density at radius 3 is 2.30 bits per heavy atom. The first-order valence-electron chi connectivity index (χ1n) is 14.8. The molecule has 46 heavy (non-hydrogen) atoms. The monoisotopic (exact) mass is 653 g/mol. The molecule has 1 aliphatic rings. The molecular weight excluding hydrogens is 622 g/mol. The van der Waals surface area contributed by atoms with Gasteiger partial charge in [-0.1, -0.05) is 55.3 Å². The molecule has 8 nitrogen and oxygen atoms in total. The lowest BCUT2D eigenvalue weighted by atomic mass is 10.1. The van der Waals surface area contributed by atoms with Crippen LogP contribution in [0, 0.1) is 0 Å². The second-order valence-corrected chi connectivity index (χ2v) is 12.2. The van der Waals surface area contributed by atoms with Crippen LogP contribution in [0.2, 0.25) is 5.02 Å². The lowest BCUT2D eigenvalue weighted by Crippen LogP contribution is -2.31. The van der Waals surface area contributed by atoms with E-state index in [1.165, 1.54) is 16.7 Å². The summed E-state index contributed by atoms with van der Waals surface area (Å²) in [4.78, 5) is 54.2. The van der Waals surface area contributed by atoms with Crippen LogP contribution in [-0.2, 0) is 14.4 Å². The van der Waals surface area contributed by atoms with Gasteiger partial charge in [-0.15, -0.1) is 11.8 Å². The summed E-state index contributed by atoms with van der Waals surface area (Å²) in [6.07, 6.45) is 3.63. The highest BCUT2D eigenvalue weighted by Gasteiger charge is 2.40. The van der Waals surface area contributed by atoms with Crippen LogP contribution < -0.4 is 20.3 Å². The summed E-state index contributed by atoms with van der Waals surface area (Å²) in [5.41, 5.74) is 2.13. The van der Waals surface area contributed by atoms with Crippen molar-refractivity contribution in [2.45, 2.75) is 36.3 Å². The van der Waals surface area contributed by atoms with E-state index >= 15 is 0 Å². The van der Waals surface area contributed by atoms with Crippen molar-refractivity contribution in [1.29, 1.82) is 0 Å². The van der Waals surface area contributed by atoms with Crippen molar-refractivity contribution in [2.75, 3.05) is 16.8 Å². The van der Waals surface area contributed by atoms with E-state index < -0.39 is 17.1 Å². The molecule has 5 rings (SSSR count). The maximum absolute atomic E-state index is 13.3. The molecule has 234 valence electrons. The van der Waals surface area contributed by atoms with Gasteiger partial charge in [-0.3, -0.25) is 19.2 Å². The number of hydrogen-bond donors (Lipinski definition) is 2. The maximum atomic E-state index is 13.3. The minimum atomic E-state index is -0.574. The Hall–Kier alpha value is -4.86. The quantitative estimate of drug-likeness (QED) is 0.0941. The third-order valence-corrected chi connectivity index (χ3v) is 8.52. The molecule has 0 saturated carbocycles. The fourth-order valence-corrected chi connectivity index (χ4v) is 5.82. The van der Waals surface area contributed by atoms with E-state index in [0.717, 1.165) is 17.7 Å². The van der Waals surface area contributed by atoms with E-state index in [1.54, 1.807) is 109 Å². The fraction of sp³-hybridized carbons (Fsp3) is 0.167. The summed E-state index contributed by atoms with van der Waals surface area (Å²) in [6, 6.07) is 29.4. The number of rotatable bonds is 12. The number of benzene rings is 4. The smallest absolute Gasteiger partial charge is 0.272 e. The summed E-state index contributed by atoms with van der Waals surface area (Å²) in [6.45, 7) is 2.71. The second kappa shape index (κ2) is 15.4. The summed E-state index contributed by atoms with van der Waals surface area (Å²) in [7, 11) is 0. The van der Waals surface area contributed by atoms with E-state index in [-0.39, 0.29) is 23.9 Å². The minimum absolute atomic E-state index is 0.0466. The van der Waals surface area contributed by atoms with Crippen molar-refractivity contribution in [3.05, 3.63) is 125 Å². The molecule has 0 aromatic heterocycles. The molecule has 1 atom stereocenters. The first-order valence-corrected chi connectivity index (χ1v) is 16.1. The Kier molecular flexibility index (Phi) is 10.9. The van der Waals surface area contributed by atoms with Gasteiger partial charge in [0.2, 0.25) is 11.8 Å². The topological polar surface area (TPSA) is 105 Å². The van der Waals surface area contributed by atoms with Gasteiger partial charge >= 0.3 is 0 Å². The molecule has 0 radical (unpaired) electrons. The van der Waals surface area contributed by atoms with Gasteiger partial charge in [-0.05, 0) is 90.9 Å². The number of anilines is 2. The van der Waals surface area contributed by atoms with Gasteiger partial charge in [0, 0.05) is 27.6 Å². The van der Waals surface area contributed by atoms with Crippen LogP contribution in [0.1, 0.15) is 42.1 Å². The maximum Gasteiger partial charge on any atom is 0.272 e. The first-order chi connectivity index (χ1) is 22.3. The number of hydrogen-bond acceptors (Lipinski definition) is 6. The number of imide groups is 1. The molecule has 0 bridgehead atoms. The van der Waals surface area contributed by atoms with Gasteiger partial charge < -0.3 is 15.4 Å². The van der Waals surface area contributed by atoms with E-state index in [9.17, 15) is 19.2 Å². The molecule has 0 aliphatic carbocycles. The Bertz CT molecular complexity index is 1730. The van der Waals surface area contributed by atoms with Crippen LogP contribution in [0.15, 0.2) is 114 Å². The van der Waals surface area contributed by atoms with Crippen LogP contribution in [0.25, 0.3) is 6.08 Å². The summed E-state index contributed by atoms with van der Waals surface area (Å²) in [5, 5.41) is 5.50. The van der Waals surface area contributed by atoms with Gasteiger partial charge in [0.1, 0.15) is 11.4 Å². The standard InChI is InChI=1S/C36H32ClN3O5S/c1-2-3-21-45-29-17-15-28(16-18-29)40-33(41)23-32(36(40)44)46-30-19-13-27(14-20-30)38-35(43)31(22-24-9-11-26(37)12-10-24)39-34(42)25-7-5-4-6-8-25/h4-20,22,32H,2-3,21,23H2,1H3,(H,38,43)(H,39,42)/b31-22-. The Morgan fingerprint density at radius 1 is 0.935 bits per heavy atom. The Morgan fingerprint density at radius 2 is 1.63 bits per heavy atom. The SMILES string of the molecule is CCCCOc1ccc(N2C(=O)CC(Sc3ccc(NC(=O)/C(=C/c4ccc(Cl)cc4)NC(=O)c4ccccc4)cc3)C2=O)cc1. The Labute approximate surface area is 276 Å². The molecule has 10 heteroatoms. The number of amides is 4. The predicted octanol–water partition coefficient (Wildman–Crippen LogP) is 7.35. The van der Waals surface area contributed by atoms with Crippen LogP contribution in [-0.4, -0.2) is 35.5 Å². The van der Waals surface area contributed by atoms with Gasteiger partial charge in [-0.25, -0.2) is 4.90 Å². The number of carbonyl (C=O) groups is 4. The number of nitrogens with zero attached hydrogens (tertiary/aromatic N) is 1. The highest BCUT2D eigenvalue weighted by atomic mass is 35.5. The van der Waals surface area contributed by atoms with Crippen molar-refractivity contribution >= 4 is 64.4 Å². The molecule has 1 fully saturated rings. The van der Waals surface area contributed by atoms with Gasteiger partial charge in [0.25, 0.3) is 11.8 Å². The molecule has 1 aliphatic heterocycles. The van der Waals surface area contributed by atoms with Crippen LogP contribution in [0.5, 0.6) is 5.75 Å². The van der Waals surface area contributed by atoms with Crippen molar-refractivity contribution in [2.24, 2.45) is 0 Å². The zero-order valence-electron chi connectivity index (χ0n) is 25.1. The van der Waals surface area contributed by atoms with Crippen LogP contribution in [0.3, 0.4) is 0 Å². The molecule has 4 amide bonds. The van der Waals surface area contributed by atoms with Crippen molar-refractivity contribution in [3.8, 4) is 5.75 Å². The average molecular weight is 654 g/mol. The summed E-state index contributed by atoms with van der Waals surface area (Å²) < 4.78 is 5.69. The lowest BCUT2D eigenvalue weighted by Gasteiger charge is -2.16. The predicted molar refractivity (Wildman–Crippen MR) is 182 cm³/mol. The first kappa shape index (κ1) is 32.5. The summed E-state index contributed by atoms with van der Waals surface area (Å²) >= 11 is 7.30. The fourth-order valence-electron chi connectivity index (χ4n) is 4.64. The van der Waals surface area contributed by atoms with Crippen LogP contribution in [0.4, 0.5) is 11.4 Å². The number of ether oxygens (including phenoxy) is 1. The zero-order chi connectivity index (χ0) is 32.5. The van der Waals surface area contributed by atoms with E-state index in [2.05, 4.69) is 17.6 Å². The Balaban J connectivity index is 1.23. The van der Waals surface area contributed by atoms with Gasteiger partial charge in [0.05, 0.1) is 17.5 Å². The van der Waals surface area contributed by atoms with Crippen molar-refractivity contribution in [1.82, 2.24) is 5.32 Å². The molecule has 1 heterocycles. The van der Waals surface area contributed by atoms with Crippen LogP contribution >= 0.6 is 23.4 Å². The third-order valence-electron chi connectivity index (χ3n) is 7.07. The molecule has 2 N–H and O–H groups in total. The van der Waals surface area contributed by atoms with Crippen molar-refractivity contribution in [3.63, 3.8) is 0 Å². The number of halogens is 1. The number of carbonyl (C=O) groups excluding carboxylic acids is 4. The average Bonchev–Trinajstić information content (AvgIpc) is 3.35. The molecule has 4 aromatic carbocycles. The highest BCUT2D eigenvalue weighted by molar-refractivity contribution is 8.00. The van der Waals surface area contributed by atoms with E-state index in [4.69, 9.17) is 16.3 Å². The highest BCUT2D eigenvalue weighted by Crippen LogP contribution is 2.35. The second-order valence-electron chi connectivity index (χ2n) is 10.5. The lowest BCUT2D eigenvalue weighted by molar-refractivity contribution is -0.121. The van der Waals surface area contributed by atoms with Gasteiger partial charge in [-0.2, -0.15) is 0 Å². The number of nitrogens with one attached hydrogen (secondary N) is 2. The largest absolute Gasteiger partial charge is 0.494 e. The summed E-state index contributed by atoms with van der Waals surface area (Å²) in [5.74, 6) is -0.792. The van der Waals surface area contributed by atoms with E-state index in [1.807, 2.05) is 0 Å². The van der Waals surface area contributed by atoms with Gasteiger partial charge in [0.15, 0.2) is 0 Å². The molecule has 4 aromatic rings. The zero-order valence-corrected chi connectivity index (χ0v) is 26.6. The molecule has 1 saturated heterocycles. The minimum Gasteiger partial charge on any atom is -0.494 e. The normalized spacial score (nSPS) is 14.7. The molecule has 0 spiro atoms. The molecular formula is C36H32ClN3O5S. The number of thioether (sulfide) groups is 1. The van der Waals surface area contributed by atoms with Crippen molar-refractivity contribution < 1.29 is 23.9 Å².